The van der Waals surface area contributed by atoms with E-state index in [0.29, 0.717) is 23.6 Å². The summed E-state index contributed by atoms with van der Waals surface area (Å²) in [4.78, 5) is 26.4. The third-order valence-electron chi connectivity index (χ3n) is 5.77. The van der Waals surface area contributed by atoms with Gasteiger partial charge in [0, 0.05) is 11.3 Å². The first-order valence-corrected chi connectivity index (χ1v) is 11.1. The van der Waals surface area contributed by atoms with E-state index in [1.807, 2.05) is 50.2 Å². The van der Waals surface area contributed by atoms with Crippen LogP contribution in [0.3, 0.4) is 0 Å². The summed E-state index contributed by atoms with van der Waals surface area (Å²) in [5, 5.41) is 12.7. The van der Waals surface area contributed by atoms with Crippen LogP contribution in [0.4, 0.5) is 5.69 Å². The summed E-state index contributed by atoms with van der Waals surface area (Å²) in [6.07, 6.45) is 3.75. The van der Waals surface area contributed by atoms with Crippen molar-refractivity contribution in [3.05, 3.63) is 76.3 Å². The predicted molar refractivity (Wildman–Crippen MR) is 126 cm³/mol. The summed E-state index contributed by atoms with van der Waals surface area (Å²) in [6, 6.07) is 15.0. The van der Waals surface area contributed by atoms with Gasteiger partial charge in [-0.2, -0.15) is 10.2 Å². The monoisotopic (exact) mass is 443 g/mol. The Morgan fingerprint density at radius 2 is 1.91 bits per heavy atom. The van der Waals surface area contributed by atoms with Crippen molar-refractivity contribution in [2.24, 2.45) is 0 Å². The number of aromatic nitrogens is 4. The fraction of sp³-hybridized carbons (Fsp3) is 0.280. The van der Waals surface area contributed by atoms with Crippen molar-refractivity contribution in [3.63, 3.8) is 0 Å². The number of carbonyl (C=O) groups excluding carboxylic acids is 1. The van der Waals surface area contributed by atoms with Crippen LogP contribution in [0, 0.1) is 6.92 Å². The number of benzene rings is 2. The molecular weight excluding hydrogens is 418 g/mol. The maximum absolute atomic E-state index is 13.5. The summed E-state index contributed by atoms with van der Waals surface area (Å²) in [5.41, 5.74) is 3.33. The van der Waals surface area contributed by atoms with E-state index >= 15 is 0 Å². The molecule has 33 heavy (non-hydrogen) atoms. The van der Waals surface area contributed by atoms with Gasteiger partial charge in [0.05, 0.1) is 29.9 Å². The molecule has 2 heterocycles. The van der Waals surface area contributed by atoms with Crippen molar-refractivity contribution in [1.82, 2.24) is 19.6 Å². The molecule has 1 fully saturated rings. The molecule has 0 atom stereocenters. The molecule has 1 saturated carbocycles. The fourth-order valence-electron chi connectivity index (χ4n) is 4.02. The van der Waals surface area contributed by atoms with E-state index in [9.17, 15) is 9.59 Å². The van der Waals surface area contributed by atoms with Gasteiger partial charge in [0.2, 0.25) is 5.91 Å². The molecule has 0 bridgehead atoms. The number of hydrogen-bond donors (Lipinski definition) is 1. The van der Waals surface area contributed by atoms with Crippen LogP contribution >= 0.6 is 0 Å². The third-order valence-corrected chi connectivity index (χ3v) is 5.77. The molecule has 4 aromatic rings. The molecule has 1 amide bonds. The minimum absolute atomic E-state index is 0.200. The van der Waals surface area contributed by atoms with Crippen molar-refractivity contribution in [2.75, 3.05) is 11.9 Å². The average molecular weight is 444 g/mol. The number of fused-ring (bicyclic) bond motifs is 1. The second-order valence-corrected chi connectivity index (χ2v) is 8.20. The molecule has 0 saturated heterocycles. The topological polar surface area (TPSA) is 91.0 Å². The molecule has 1 aliphatic rings. The van der Waals surface area contributed by atoms with Crippen LogP contribution in [0.5, 0.6) is 5.75 Å². The Morgan fingerprint density at radius 3 is 2.67 bits per heavy atom. The number of hydrogen-bond acceptors (Lipinski definition) is 5. The fourth-order valence-corrected chi connectivity index (χ4v) is 4.02. The zero-order chi connectivity index (χ0) is 22.9. The summed E-state index contributed by atoms with van der Waals surface area (Å²) in [7, 11) is 0. The molecule has 2 aromatic heterocycles. The van der Waals surface area contributed by atoms with Gasteiger partial charge in [-0.15, -0.1) is 0 Å². The molecule has 0 spiro atoms. The molecule has 0 aliphatic heterocycles. The van der Waals surface area contributed by atoms with E-state index in [1.165, 1.54) is 4.68 Å². The highest BCUT2D eigenvalue weighted by molar-refractivity contribution is 5.92. The van der Waals surface area contributed by atoms with Crippen molar-refractivity contribution in [1.29, 1.82) is 0 Å². The number of amides is 1. The highest BCUT2D eigenvalue weighted by atomic mass is 16.5. The second-order valence-electron chi connectivity index (χ2n) is 8.20. The van der Waals surface area contributed by atoms with Crippen LogP contribution in [-0.2, 0) is 11.3 Å². The zero-order valence-electron chi connectivity index (χ0n) is 18.6. The number of ether oxygens (including phenoxy) is 1. The number of nitrogens with zero attached hydrogens (tertiary/aromatic N) is 4. The van der Waals surface area contributed by atoms with Gasteiger partial charge in [-0.25, -0.2) is 9.36 Å². The number of para-hydroxylation sites is 3. The van der Waals surface area contributed by atoms with Crippen molar-refractivity contribution in [2.45, 2.75) is 39.2 Å². The number of carbonyl (C=O) groups is 1. The van der Waals surface area contributed by atoms with Crippen LogP contribution in [0.15, 0.2) is 59.5 Å². The Morgan fingerprint density at radius 1 is 1.15 bits per heavy atom. The summed E-state index contributed by atoms with van der Waals surface area (Å²) < 4.78 is 8.50. The Hall–Kier alpha value is -3.94. The highest BCUT2D eigenvalue weighted by Gasteiger charge is 2.30. The summed E-state index contributed by atoms with van der Waals surface area (Å²) in [5.74, 6) is 0.524. The van der Waals surface area contributed by atoms with E-state index in [0.717, 1.165) is 35.2 Å². The van der Waals surface area contributed by atoms with Gasteiger partial charge in [-0.05, 0) is 50.5 Å². The predicted octanol–water partition coefficient (Wildman–Crippen LogP) is 3.81. The normalized spacial score (nSPS) is 13.3. The second kappa shape index (κ2) is 8.54. The number of nitrogens with one attached hydrogen (secondary N) is 1. The van der Waals surface area contributed by atoms with Crippen molar-refractivity contribution < 1.29 is 9.53 Å². The van der Waals surface area contributed by atoms with E-state index in [4.69, 9.17) is 4.74 Å². The molecule has 8 nitrogen and oxygen atoms in total. The van der Waals surface area contributed by atoms with Crippen LogP contribution < -0.4 is 15.6 Å². The highest BCUT2D eigenvalue weighted by Crippen LogP contribution is 2.41. The molecule has 5 rings (SSSR count). The van der Waals surface area contributed by atoms with Gasteiger partial charge in [0.1, 0.15) is 17.8 Å². The molecule has 8 heteroatoms. The van der Waals surface area contributed by atoms with E-state index in [-0.39, 0.29) is 23.9 Å². The maximum atomic E-state index is 13.5. The smallest absolute Gasteiger partial charge is 0.293 e. The van der Waals surface area contributed by atoms with Gasteiger partial charge in [-0.3, -0.25) is 9.59 Å². The third kappa shape index (κ3) is 4.00. The van der Waals surface area contributed by atoms with Crippen LogP contribution in [0.1, 0.15) is 36.9 Å². The molecule has 2 aromatic carbocycles. The lowest BCUT2D eigenvalue weighted by molar-refractivity contribution is -0.117. The SMILES string of the molecule is CCOc1ccccc1NC(=O)Cn1nc(C2CC2)c2cnn(-c3ccccc3C)c2c1=O. The van der Waals surface area contributed by atoms with Gasteiger partial charge in [0.15, 0.2) is 0 Å². The Bertz CT molecular complexity index is 1400. The molecular formula is C25H25N5O3. The quantitative estimate of drug-likeness (QED) is 0.469. The Balaban J connectivity index is 1.54. The Kier molecular flexibility index (Phi) is 5.42. The van der Waals surface area contributed by atoms with E-state index in [2.05, 4.69) is 15.5 Å². The molecule has 0 radical (unpaired) electrons. The first-order chi connectivity index (χ1) is 16.1. The lowest BCUT2D eigenvalue weighted by Gasteiger charge is -2.13. The van der Waals surface area contributed by atoms with Gasteiger partial charge in [-0.1, -0.05) is 30.3 Å². The van der Waals surface area contributed by atoms with Gasteiger partial charge in [0.25, 0.3) is 5.56 Å². The minimum Gasteiger partial charge on any atom is -0.492 e. The van der Waals surface area contributed by atoms with E-state index in [1.54, 1.807) is 23.0 Å². The lowest BCUT2D eigenvalue weighted by atomic mass is 10.2. The van der Waals surface area contributed by atoms with Crippen molar-refractivity contribution in [3.8, 4) is 11.4 Å². The molecule has 168 valence electrons. The standard InChI is InChI=1S/C25H25N5O3/c1-3-33-21-11-7-5-9-19(21)27-22(31)15-29-25(32)24-18(23(28-29)17-12-13-17)14-26-30(24)20-10-6-4-8-16(20)2/h4-11,14,17H,3,12-13,15H2,1-2H3,(H,27,31). The maximum Gasteiger partial charge on any atom is 0.293 e. The summed E-state index contributed by atoms with van der Waals surface area (Å²) >= 11 is 0. The zero-order valence-corrected chi connectivity index (χ0v) is 18.6. The number of aryl methyl sites for hydroxylation is 1. The Labute approximate surface area is 190 Å². The first kappa shape index (κ1) is 20.9. The average Bonchev–Trinajstić information content (AvgIpc) is 3.56. The number of rotatable bonds is 7. The summed E-state index contributed by atoms with van der Waals surface area (Å²) in [6.45, 7) is 4.15. The van der Waals surface area contributed by atoms with Gasteiger partial charge >= 0.3 is 0 Å². The lowest BCUT2D eigenvalue weighted by Crippen LogP contribution is -2.31. The van der Waals surface area contributed by atoms with Crippen molar-refractivity contribution >= 4 is 22.5 Å². The van der Waals surface area contributed by atoms with Crippen LogP contribution in [0.25, 0.3) is 16.6 Å². The van der Waals surface area contributed by atoms with Gasteiger partial charge < -0.3 is 10.1 Å². The molecule has 1 aliphatic carbocycles. The minimum atomic E-state index is -0.347. The molecule has 1 N–H and O–H groups in total. The van der Waals surface area contributed by atoms with Crippen LogP contribution in [0.2, 0.25) is 0 Å². The van der Waals surface area contributed by atoms with E-state index < -0.39 is 0 Å². The van der Waals surface area contributed by atoms with Crippen LogP contribution in [-0.4, -0.2) is 32.1 Å². The largest absolute Gasteiger partial charge is 0.492 e. The number of anilines is 1. The molecule has 0 unspecified atom stereocenters. The first-order valence-electron chi connectivity index (χ1n) is 11.1.